The van der Waals surface area contributed by atoms with Crippen molar-refractivity contribution in [1.29, 1.82) is 0 Å². The first-order chi connectivity index (χ1) is 12.9. The quantitative estimate of drug-likeness (QED) is 0.633. The third-order valence-corrected chi connectivity index (χ3v) is 4.36. The number of likely N-dealkylation sites (N-methyl/N-ethyl adjacent to an activating group) is 1. The van der Waals surface area contributed by atoms with Gasteiger partial charge in [0, 0.05) is 5.56 Å². The number of carbonyl (C=O) groups excluding carboxylic acids is 1. The van der Waals surface area contributed by atoms with Crippen LogP contribution in [0.4, 0.5) is 10.1 Å². The van der Waals surface area contributed by atoms with E-state index in [0.29, 0.717) is 33.9 Å². The van der Waals surface area contributed by atoms with Crippen LogP contribution in [0.5, 0.6) is 0 Å². The van der Waals surface area contributed by atoms with Crippen molar-refractivity contribution in [3.05, 3.63) is 70.4 Å². The lowest BCUT2D eigenvalue weighted by molar-refractivity contribution is -0.117. The normalized spacial score (nSPS) is 11.0. The molecule has 1 heterocycles. The highest BCUT2D eigenvalue weighted by molar-refractivity contribution is 6.39. The van der Waals surface area contributed by atoms with E-state index in [-0.39, 0.29) is 18.3 Å². The number of anilines is 1. The highest BCUT2D eigenvalue weighted by atomic mass is 35.5. The standard InChI is InChI=1S/C19H16Cl2FN3O2/c1-25(10-17(26)24-19-14(20)3-2-4-15(19)21)11-18-23-9-16(27-18)12-5-7-13(22)8-6-12/h2-9H,10-11H2,1H3,(H,24,26). The number of aromatic nitrogens is 1. The predicted octanol–water partition coefficient (Wildman–Crippen LogP) is 4.86. The molecule has 1 amide bonds. The maximum Gasteiger partial charge on any atom is 0.238 e. The lowest BCUT2D eigenvalue weighted by atomic mass is 10.2. The zero-order valence-corrected chi connectivity index (χ0v) is 15.9. The Kier molecular flexibility index (Phi) is 6.11. The van der Waals surface area contributed by atoms with E-state index in [2.05, 4.69) is 10.3 Å². The van der Waals surface area contributed by atoms with Crippen LogP contribution in [0.25, 0.3) is 11.3 Å². The number of rotatable bonds is 6. The zero-order chi connectivity index (χ0) is 19.4. The fourth-order valence-electron chi connectivity index (χ4n) is 2.46. The summed E-state index contributed by atoms with van der Waals surface area (Å²) in [5.41, 5.74) is 1.11. The van der Waals surface area contributed by atoms with E-state index >= 15 is 0 Å². The van der Waals surface area contributed by atoms with Gasteiger partial charge in [-0.3, -0.25) is 9.69 Å². The van der Waals surface area contributed by atoms with Crippen LogP contribution in [0.2, 0.25) is 10.0 Å². The van der Waals surface area contributed by atoms with Gasteiger partial charge in [0.15, 0.2) is 5.76 Å². The second-order valence-corrected chi connectivity index (χ2v) is 6.76. The molecular weight excluding hydrogens is 392 g/mol. The van der Waals surface area contributed by atoms with Gasteiger partial charge >= 0.3 is 0 Å². The topological polar surface area (TPSA) is 58.4 Å². The third kappa shape index (κ3) is 5.07. The Bertz CT molecular complexity index is 924. The maximum atomic E-state index is 13.0. The van der Waals surface area contributed by atoms with Crippen LogP contribution in [0.15, 0.2) is 53.1 Å². The molecule has 3 rings (SSSR count). The Labute approximate surface area is 165 Å². The Morgan fingerprint density at radius 1 is 1.19 bits per heavy atom. The molecule has 0 fully saturated rings. The van der Waals surface area contributed by atoms with Gasteiger partial charge in [-0.15, -0.1) is 0 Å². The van der Waals surface area contributed by atoms with Crippen LogP contribution in [-0.2, 0) is 11.3 Å². The van der Waals surface area contributed by atoms with Gasteiger partial charge in [-0.2, -0.15) is 0 Å². The molecule has 140 valence electrons. The van der Waals surface area contributed by atoms with E-state index < -0.39 is 0 Å². The molecule has 0 unspecified atom stereocenters. The largest absolute Gasteiger partial charge is 0.439 e. The first kappa shape index (κ1) is 19.4. The highest BCUT2D eigenvalue weighted by Crippen LogP contribution is 2.29. The first-order valence-electron chi connectivity index (χ1n) is 8.05. The minimum atomic E-state index is -0.317. The van der Waals surface area contributed by atoms with Gasteiger partial charge in [-0.25, -0.2) is 9.37 Å². The molecule has 3 aromatic rings. The predicted molar refractivity (Wildman–Crippen MR) is 103 cm³/mol. The summed E-state index contributed by atoms with van der Waals surface area (Å²) in [6.07, 6.45) is 1.57. The fraction of sp³-hybridized carbons (Fsp3) is 0.158. The van der Waals surface area contributed by atoms with Gasteiger partial charge in [0.1, 0.15) is 5.82 Å². The van der Waals surface area contributed by atoms with Gasteiger partial charge in [0.05, 0.1) is 35.0 Å². The molecule has 0 saturated carbocycles. The van der Waals surface area contributed by atoms with Crippen molar-refractivity contribution in [2.75, 3.05) is 18.9 Å². The van der Waals surface area contributed by atoms with Crippen LogP contribution >= 0.6 is 23.2 Å². The number of nitrogens with zero attached hydrogens (tertiary/aromatic N) is 2. The number of amides is 1. The maximum absolute atomic E-state index is 13.0. The molecule has 0 aliphatic rings. The zero-order valence-electron chi connectivity index (χ0n) is 14.4. The van der Waals surface area contributed by atoms with Gasteiger partial charge in [-0.05, 0) is 43.4 Å². The number of oxazole rings is 1. The molecule has 0 bridgehead atoms. The van der Waals surface area contributed by atoms with E-state index in [0.717, 1.165) is 5.56 Å². The average molecular weight is 408 g/mol. The minimum Gasteiger partial charge on any atom is -0.439 e. The second kappa shape index (κ2) is 8.52. The van der Waals surface area contributed by atoms with Crippen molar-refractivity contribution >= 4 is 34.8 Å². The third-order valence-electron chi connectivity index (χ3n) is 3.73. The van der Waals surface area contributed by atoms with E-state index in [9.17, 15) is 9.18 Å². The van der Waals surface area contributed by atoms with Crippen LogP contribution in [-0.4, -0.2) is 29.4 Å². The highest BCUT2D eigenvalue weighted by Gasteiger charge is 2.14. The van der Waals surface area contributed by atoms with Crippen LogP contribution in [0.1, 0.15) is 5.89 Å². The van der Waals surface area contributed by atoms with E-state index in [1.165, 1.54) is 12.1 Å². The molecule has 1 aromatic heterocycles. The van der Waals surface area contributed by atoms with Crippen LogP contribution in [0, 0.1) is 5.82 Å². The number of para-hydroxylation sites is 1. The minimum absolute atomic E-state index is 0.0931. The molecule has 0 radical (unpaired) electrons. The first-order valence-corrected chi connectivity index (χ1v) is 8.81. The summed E-state index contributed by atoms with van der Waals surface area (Å²) in [7, 11) is 1.76. The Morgan fingerprint density at radius 3 is 2.52 bits per heavy atom. The van der Waals surface area contributed by atoms with Gasteiger partial charge < -0.3 is 9.73 Å². The van der Waals surface area contributed by atoms with Crippen molar-refractivity contribution in [2.45, 2.75) is 6.54 Å². The SMILES string of the molecule is CN(CC(=O)Nc1c(Cl)cccc1Cl)Cc1ncc(-c2ccc(F)cc2)o1. The average Bonchev–Trinajstić information content (AvgIpc) is 3.07. The molecule has 27 heavy (non-hydrogen) atoms. The van der Waals surface area contributed by atoms with Crippen molar-refractivity contribution in [1.82, 2.24) is 9.88 Å². The molecule has 2 aromatic carbocycles. The van der Waals surface area contributed by atoms with Gasteiger partial charge in [0.25, 0.3) is 0 Å². The summed E-state index contributed by atoms with van der Waals surface area (Å²) in [5, 5.41) is 3.44. The second-order valence-electron chi connectivity index (χ2n) is 5.94. The molecule has 0 spiro atoms. The Balaban J connectivity index is 1.58. The van der Waals surface area contributed by atoms with E-state index in [1.54, 1.807) is 48.5 Å². The number of halogens is 3. The van der Waals surface area contributed by atoms with Gasteiger partial charge in [-0.1, -0.05) is 29.3 Å². The van der Waals surface area contributed by atoms with Crippen LogP contribution < -0.4 is 5.32 Å². The smallest absolute Gasteiger partial charge is 0.238 e. The molecule has 5 nitrogen and oxygen atoms in total. The summed E-state index contributed by atoms with van der Waals surface area (Å²) < 4.78 is 18.7. The number of hydrogen-bond acceptors (Lipinski definition) is 4. The molecule has 1 N–H and O–H groups in total. The summed E-state index contributed by atoms with van der Waals surface area (Å²) in [6.45, 7) is 0.417. The number of carbonyl (C=O) groups is 1. The monoisotopic (exact) mass is 407 g/mol. The Hall–Kier alpha value is -2.41. The molecule has 0 saturated heterocycles. The number of benzene rings is 2. The fourth-order valence-corrected chi connectivity index (χ4v) is 2.95. The Morgan fingerprint density at radius 2 is 1.85 bits per heavy atom. The summed E-state index contributed by atoms with van der Waals surface area (Å²) in [4.78, 5) is 18.2. The van der Waals surface area contributed by atoms with E-state index in [4.69, 9.17) is 27.6 Å². The molecule has 8 heteroatoms. The van der Waals surface area contributed by atoms with E-state index in [1.807, 2.05) is 0 Å². The lowest BCUT2D eigenvalue weighted by Gasteiger charge is -2.15. The molecule has 0 atom stereocenters. The van der Waals surface area contributed by atoms with Crippen molar-refractivity contribution < 1.29 is 13.6 Å². The summed E-state index contributed by atoms with van der Waals surface area (Å²) in [6, 6.07) is 10.9. The molecular formula is C19H16Cl2FN3O2. The van der Waals surface area contributed by atoms with Crippen LogP contribution in [0.3, 0.4) is 0 Å². The van der Waals surface area contributed by atoms with Crippen molar-refractivity contribution in [3.63, 3.8) is 0 Å². The number of nitrogens with one attached hydrogen (secondary N) is 1. The van der Waals surface area contributed by atoms with Crippen molar-refractivity contribution in [3.8, 4) is 11.3 Å². The summed E-state index contributed by atoms with van der Waals surface area (Å²) >= 11 is 12.1. The summed E-state index contributed by atoms with van der Waals surface area (Å²) in [5.74, 6) is 0.395. The van der Waals surface area contributed by atoms with Crippen molar-refractivity contribution in [2.24, 2.45) is 0 Å². The van der Waals surface area contributed by atoms with Gasteiger partial charge in [0.2, 0.25) is 11.8 Å². The number of hydrogen-bond donors (Lipinski definition) is 1. The molecule has 0 aliphatic heterocycles. The molecule has 0 aliphatic carbocycles. The lowest BCUT2D eigenvalue weighted by Crippen LogP contribution is -2.30.